The van der Waals surface area contributed by atoms with E-state index in [4.69, 9.17) is 4.74 Å². The second kappa shape index (κ2) is 10.4. The maximum Gasteiger partial charge on any atom is 0.329 e. The molecule has 0 spiro atoms. The number of nitrogens with one attached hydrogen (secondary N) is 2. The molecule has 0 saturated heterocycles. The molecule has 34 heavy (non-hydrogen) atoms. The highest BCUT2D eigenvalue weighted by Gasteiger charge is 2.20. The molecule has 0 amide bonds. The van der Waals surface area contributed by atoms with Crippen molar-refractivity contribution in [2.45, 2.75) is 32.4 Å². The minimum atomic E-state index is -0.908. The van der Waals surface area contributed by atoms with Crippen molar-refractivity contribution in [1.82, 2.24) is 19.1 Å². The normalized spacial score (nSPS) is 12.1. The van der Waals surface area contributed by atoms with Crippen LogP contribution in [0.15, 0.2) is 64.2 Å². The smallest absolute Gasteiger partial charge is 0.329 e. The van der Waals surface area contributed by atoms with E-state index in [0.29, 0.717) is 18.2 Å². The summed E-state index contributed by atoms with van der Waals surface area (Å²) in [5.41, 5.74) is 1.73. The van der Waals surface area contributed by atoms with Crippen LogP contribution < -0.4 is 21.3 Å². The van der Waals surface area contributed by atoms with Gasteiger partial charge in [-0.25, -0.2) is 4.79 Å². The van der Waals surface area contributed by atoms with Crippen molar-refractivity contribution in [2.24, 2.45) is 7.05 Å². The number of anilines is 1. The van der Waals surface area contributed by atoms with E-state index in [9.17, 15) is 14.7 Å². The van der Waals surface area contributed by atoms with Crippen LogP contribution in [-0.4, -0.2) is 43.5 Å². The average Bonchev–Trinajstić information content (AvgIpc) is 3.21. The molecule has 4 rings (SSSR count). The number of nitrogens with zero attached hydrogens (tertiary/aromatic N) is 3. The molecule has 0 unspecified atom stereocenters. The van der Waals surface area contributed by atoms with E-state index in [0.717, 1.165) is 18.4 Å². The molecular formula is C25H29N5O4. The summed E-state index contributed by atoms with van der Waals surface area (Å²) in [4.78, 5) is 31.5. The van der Waals surface area contributed by atoms with Gasteiger partial charge in [0, 0.05) is 13.6 Å². The highest BCUT2D eigenvalue weighted by atomic mass is 16.5. The Labute approximate surface area is 196 Å². The number of aryl methyl sites for hydroxylation is 2. The van der Waals surface area contributed by atoms with Gasteiger partial charge in [-0.3, -0.25) is 14.3 Å². The molecule has 178 valence electrons. The van der Waals surface area contributed by atoms with Crippen LogP contribution in [0.2, 0.25) is 0 Å². The number of imidazole rings is 1. The zero-order chi connectivity index (χ0) is 24.1. The minimum absolute atomic E-state index is 0.0399. The molecule has 2 aromatic carbocycles. The number of aromatic amines is 1. The van der Waals surface area contributed by atoms with E-state index in [1.165, 1.54) is 10.1 Å². The second-order valence-electron chi connectivity index (χ2n) is 8.16. The standard InChI is InChI=1S/C25H29N5O4/c1-3-17-9-11-20(12-10-17)34-16-19(31)15-30-21-22(29(2)25(33)28-23(21)32)27-24(30)26-14-13-18-7-5-4-6-8-18/h4-12,19,31H,3,13-16H2,1-2H3,(H,26,27)(H,28,32,33)/t19-/m1/s1. The number of ether oxygens (including phenoxy) is 1. The Morgan fingerprint density at radius 1 is 1.09 bits per heavy atom. The molecule has 1 atom stereocenters. The highest BCUT2D eigenvalue weighted by Crippen LogP contribution is 2.17. The number of hydrogen-bond donors (Lipinski definition) is 3. The van der Waals surface area contributed by atoms with E-state index < -0.39 is 17.4 Å². The first-order valence-electron chi connectivity index (χ1n) is 11.3. The van der Waals surface area contributed by atoms with E-state index in [1.54, 1.807) is 11.6 Å². The Morgan fingerprint density at radius 3 is 2.53 bits per heavy atom. The number of benzene rings is 2. The predicted octanol–water partition coefficient (Wildman–Crippen LogP) is 2.08. The first-order valence-corrected chi connectivity index (χ1v) is 11.3. The number of fused-ring (bicyclic) bond motifs is 1. The number of aromatic nitrogens is 4. The third-order valence-corrected chi connectivity index (χ3v) is 5.71. The molecule has 9 heteroatoms. The fraction of sp³-hybridized carbons (Fsp3) is 0.320. The van der Waals surface area contributed by atoms with Gasteiger partial charge >= 0.3 is 5.69 Å². The summed E-state index contributed by atoms with van der Waals surface area (Å²) in [7, 11) is 1.55. The van der Waals surface area contributed by atoms with Crippen molar-refractivity contribution >= 4 is 17.1 Å². The van der Waals surface area contributed by atoms with Gasteiger partial charge in [-0.1, -0.05) is 49.4 Å². The van der Waals surface area contributed by atoms with E-state index >= 15 is 0 Å². The van der Waals surface area contributed by atoms with Gasteiger partial charge < -0.3 is 19.7 Å². The van der Waals surface area contributed by atoms with Gasteiger partial charge in [-0.05, 0) is 36.1 Å². The second-order valence-corrected chi connectivity index (χ2v) is 8.16. The summed E-state index contributed by atoms with van der Waals surface area (Å²) in [6, 6.07) is 17.7. The van der Waals surface area contributed by atoms with Crippen LogP contribution in [-0.2, 0) is 26.4 Å². The SMILES string of the molecule is CCc1ccc(OC[C@H](O)Cn2c(NCCc3ccccc3)nc3c2c(=O)[nH]c(=O)n3C)cc1. The molecule has 0 fully saturated rings. The lowest BCUT2D eigenvalue weighted by Gasteiger charge is -2.16. The number of rotatable bonds is 10. The van der Waals surface area contributed by atoms with Gasteiger partial charge in [-0.15, -0.1) is 0 Å². The quantitative estimate of drug-likeness (QED) is 0.332. The van der Waals surface area contributed by atoms with Crippen LogP contribution in [0.1, 0.15) is 18.1 Å². The Morgan fingerprint density at radius 2 is 1.82 bits per heavy atom. The summed E-state index contributed by atoms with van der Waals surface area (Å²) >= 11 is 0. The van der Waals surface area contributed by atoms with Crippen LogP contribution in [0.5, 0.6) is 5.75 Å². The molecule has 0 aliphatic heterocycles. The fourth-order valence-electron chi connectivity index (χ4n) is 3.79. The molecule has 2 aromatic heterocycles. The maximum atomic E-state index is 12.6. The summed E-state index contributed by atoms with van der Waals surface area (Å²) < 4.78 is 8.62. The van der Waals surface area contributed by atoms with Gasteiger partial charge in [0.1, 0.15) is 18.5 Å². The van der Waals surface area contributed by atoms with Crippen LogP contribution in [0.4, 0.5) is 5.95 Å². The number of H-pyrrole nitrogens is 1. The lowest BCUT2D eigenvalue weighted by Crippen LogP contribution is -2.31. The molecule has 3 N–H and O–H groups in total. The average molecular weight is 464 g/mol. The zero-order valence-electron chi connectivity index (χ0n) is 19.3. The number of aliphatic hydroxyl groups is 1. The van der Waals surface area contributed by atoms with Crippen LogP contribution >= 0.6 is 0 Å². The Bertz CT molecular complexity index is 1360. The van der Waals surface area contributed by atoms with E-state index in [2.05, 4.69) is 22.2 Å². The van der Waals surface area contributed by atoms with E-state index in [-0.39, 0.29) is 24.3 Å². The molecule has 2 heterocycles. The fourth-order valence-corrected chi connectivity index (χ4v) is 3.79. The summed E-state index contributed by atoms with van der Waals surface area (Å²) in [5, 5.41) is 14.0. The predicted molar refractivity (Wildman–Crippen MR) is 132 cm³/mol. The zero-order valence-corrected chi connectivity index (χ0v) is 19.3. The van der Waals surface area contributed by atoms with Crippen molar-refractivity contribution in [2.75, 3.05) is 18.5 Å². The van der Waals surface area contributed by atoms with Gasteiger partial charge in [0.25, 0.3) is 5.56 Å². The number of aliphatic hydroxyl groups excluding tert-OH is 1. The molecule has 0 aliphatic carbocycles. The minimum Gasteiger partial charge on any atom is -0.491 e. The first kappa shape index (κ1) is 23.3. The molecule has 4 aromatic rings. The monoisotopic (exact) mass is 463 g/mol. The molecule has 0 bridgehead atoms. The first-order chi connectivity index (χ1) is 16.5. The third kappa shape index (κ3) is 5.20. The molecule has 0 radical (unpaired) electrons. The van der Waals surface area contributed by atoms with Gasteiger partial charge in [0.05, 0.1) is 6.54 Å². The Hall–Kier alpha value is -3.85. The van der Waals surface area contributed by atoms with Crippen molar-refractivity contribution < 1.29 is 9.84 Å². The topological polar surface area (TPSA) is 114 Å². The van der Waals surface area contributed by atoms with Crippen molar-refractivity contribution in [1.29, 1.82) is 0 Å². The number of hydrogen-bond acceptors (Lipinski definition) is 6. The maximum absolute atomic E-state index is 12.6. The van der Waals surface area contributed by atoms with Crippen LogP contribution in [0.3, 0.4) is 0 Å². The molecule has 9 nitrogen and oxygen atoms in total. The molecule has 0 aliphatic rings. The lowest BCUT2D eigenvalue weighted by atomic mass is 10.1. The van der Waals surface area contributed by atoms with Crippen LogP contribution in [0, 0.1) is 0 Å². The lowest BCUT2D eigenvalue weighted by molar-refractivity contribution is 0.0938. The summed E-state index contributed by atoms with van der Waals surface area (Å²) in [5.74, 6) is 1.07. The highest BCUT2D eigenvalue weighted by molar-refractivity contribution is 5.74. The molecular weight excluding hydrogens is 434 g/mol. The van der Waals surface area contributed by atoms with Crippen molar-refractivity contribution in [3.8, 4) is 5.75 Å². The Kier molecular flexibility index (Phi) is 7.12. The van der Waals surface area contributed by atoms with Crippen LogP contribution in [0.25, 0.3) is 11.2 Å². The van der Waals surface area contributed by atoms with E-state index in [1.807, 2.05) is 54.6 Å². The largest absolute Gasteiger partial charge is 0.491 e. The van der Waals surface area contributed by atoms with Gasteiger partial charge in [0.15, 0.2) is 11.2 Å². The molecule has 0 saturated carbocycles. The third-order valence-electron chi connectivity index (χ3n) is 5.71. The Balaban J connectivity index is 1.54. The summed E-state index contributed by atoms with van der Waals surface area (Å²) in [6.07, 6.45) is 0.779. The van der Waals surface area contributed by atoms with Crippen molar-refractivity contribution in [3.63, 3.8) is 0 Å². The van der Waals surface area contributed by atoms with Gasteiger partial charge in [-0.2, -0.15) is 4.98 Å². The van der Waals surface area contributed by atoms with Gasteiger partial charge in [0.2, 0.25) is 5.95 Å². The summed E-state index contributed by atoms with van der Waals surface area (Å²) in [6.45, 7) is 2.75. The van der Waals surface area contributed by atoms with Crippen molar-refractivity contribution in [3.05, 3.63) is 86.6 Å².